The maximum absolute atomic E-state index is 11.1. The van der Waals surface area contributed by atoms with Gasteiger partial charge in [-0.25, -0.2) is 4.79 Å². The standard InChI is InChI=1S/C10H20NO2/c1-7-9(12)13-10(3,8-2)11(4,5)6/h7H,1,8H2,2-6H3/q+1. The van der Waals surface area contributed by atoms with E-state index in [1.165, 1.54) is 6.08 Å². The van der Waals surface area contributed by atoms with Gasteiger partial charge in [0.2, 0.25) is 5.72 Å². The molecule has 0 spiro atoms. The molecule has 0 N–H and O–H groups in total. The summed E-state index contributed by atoms with van der Waals surface area (Å²) >= 11 is 0. The minimum atomic E-state index is -0.481. The predicted molar refractivity (Wildman–Crippen MR) is 53.0 cm³/mol. The zero-order chi connectivity index (χ0) is 10.7. The van der Waals surface area contributed by atoms with Crippen molar-refractivity contribution < 1.29 is 14.0 Å². The summed E-state index contributed by atoms with van der Waals surface area (Å²) in [6.07, 6.45) is 1.97. The molecular formula is C10H20NO2+. The molecule has 0 aliphatic carbocycles. The Balaban J connectivity index is 4.65. The van der Waals surface area contributed by atoms with Gasteiger partial charge in [-0.3, -0.25) is 4.48 Å². The van der Waals surface area contributed by atoms with E-state index in [9.17, 15) is 4.79 Å². The van der Waals surface area contributed by atoms with Gasteiger partial charge in [0.15, 0.2) is 0 Å². The number of quaternary nitrogens is 1. The Kier molecular flexibility index (Phi) is 3.67. The highest BCUT2D eigenvalue weighted by atomic mass is 16.6. The van der Waals surface area contributed by atoms with E-state index in [0.717, 1.165) is 6.42 Å². The van der Waals surface area contributed by atoms with Gasteiger partial charge in [-0.1, -0.05) is 13.5 Å². The van der Waals surface area contributed by atoms with E-state index in [1.54, 1.807) is 0 Å². The van der Waals surface area contributed by atoms with Crippen LogP contribution in [0.2, 0.25) is 0 Å². The largest absolute Gasteiger partial charge is 0.407 e. The summed E-state index contributed by atoms with van der Waals surface area (Å²) in [5.41, 5.74) is -0.481. The smallest absolute Gasteiger partial charge is 0.334 e. The predicted octanol–water partition coefficient (Wildman–Crippen LogP) is 1.55. The molecule has 0 saturated heterocycles. The maximum atomic E-state index is 11.1. The number of rotatable bonds is 4. The van der Waals surface area contributed by atoms with Gasteiger partial charge in [0.25, 0.3) is 0 Å². The lowest BCUT2D eigenvalue weighted by Gasteiger charge is -2.41. The van der Waals surface area contributed by atoms with Gasteiger partial charge in [-0.2, -0.15) is 0 Å². The molecule has 1 atom stereocenters. The highest BCUT2D eigenvalue weighted by molar-refractivity contribution is 5.81. The first-order valence-electron chi connectivity index (χ1n) is 4.44. The molecule has 0 radical (unpaired) electrons. The van der Waals surface area contributed by atoms with Crippen LogP contribution in [0.5, 0.6) is 0 Å². The van der Waals surface area contributed by atoms with Crippen LogP contribution in [0.15, 0.2) is 12.7 Å². The molecule has 0 rings (SSSR count). The second-order valence-electron chi connectivity index (χ2n) is 4.17. The van der Waals surface area contributed by atoms with Crippen molar-refractivity contribution in [1.29, 1.82) is 0 Å². The number of nitrogens with zero attached hydrogens (tertiary/aromatic N) is 1. The van der Waals surface area contributed by atoms with Gasteiger partial charge in [-0.05, 0) is 0 Å². The Morgan fingerprint density at radius 1 is 1.54 bits per heavy atom. The second kappa shape index (κ2) is 3.92. The van der Waals surface area contributed by atoms with Crippen LogP contribution in [0.3, 0.4) is 0 Å². The van der Waals surface area contributed by atoms with E-state index in [1.807, 2.05) is 35.0 Å². The second-order valence-corrected chi connectivity index (χ2v) is 4.17. The van der Waals surface area contributed by atoms with Gasteiger partial charge in [0.1, 0.15) is 0 Å². The van der Waals surface area contributed by atoms with Gasteiger partial charge in [0, 0.05) is 19.4 Å². The summed E-state index contributed by atoms with van der Waals surface area (Å²) in [4.78, 5) is 11.1. The summed E-state index contributed by atoms with van der Waals surface area (Å²) in [6, 6.07) is 0. The number of esters is 1. The molecule has 0 aromatic carbocycles. The first kappa shape index (κ1) is 12.2. The minimum absolute atomic E-state index is 0.364. The van der Waals surface area contributed by atoms with Crippen molar-refractivity contribution in [3.63, 3.8) is 0 Å². The fourth-order valence-corrected chi connectivity index (χ4v) is 0.942. The lowest BCUT2D eigenvalue weighted by atomic mass is 10.1. The Hall–Kier alpha value is -0.830. The Morgan fingerprint density at radius 2 is 2.00 bits per heavy atom. The summed E-state index contributed by atoms with van der Waals surface area (Å²) in [7, 11) is 6.00. The van der Waals surface area contributed by atoms with Crippen LogP contribution in [-0.2, 0) is 9.53 Å². The third-order valence-corrected chi connectivity index (χ3v) is 2.56. The van der Waals surface area contributed by atoms with Crippen molar-refractivity contribution in [2.24, 2.45) is 0 Å². The topological polar surface area (TPSA) is 26.3 Å². The molecule has 0 aliphatic heterocycles. The van der Waals surface area contributed by atoms with Crippen LogP contribution >= 0.6 is 0 Å². The van der Waals surface area contributed by atoms with Crippen molar-refractivity contribution in [3.05, 3.63) is 12.7 Å². The van der Waals surface area contributed by atoms with E-state index in [4.69, 9.17) is 4.74 Å². The van der Waals surface area contributed by atoms with Crippen LogP contribution in [0.4, 0.5) is 0 Å². The van der Waals surface area contributed by atoms with E-state index in [-0.39, 0.29) is 5.97 Å². The fraction of sp³-hybridized carbons (Fsp3) is 0.700. The Bertz CT molecular complexity index is 205. The van der Waals surface area contributed by atoms with Crippen LogP contribution in [0.1, 0.15) is 20.3 Å². The summed E-state index contributed by atoms with van der Waals surface area (Å²) in [6.45, 7) is 7.30. The monoisotopic (exact) mass is 186 g/mol. The molecule has 0 saturated carbocycles. The van der Waals surface area contributed by atoms with Crippen molar-refractivity contribution in [1.82, 2.24) is 0 Å². The van der Waals surface area contributed by atoms with Crippen molar-refractivity contribution in [2.45, 2.75) is 26.0 Å². The number of hydrogen-bond donors (Lipinski definition) is 0. The van der Waals surface area contributed by atoms with Gasteiger partial charge in [-0.15, -0.1) is 0 Å². The van der Waals surface area contributed by atoms with E-state index in [2.05, 4.69) is 6.58 Å². The van der Waals surface area contributed by atoms with Crippen LogP contribution < -0.4 is 0 Å². The SMILES string of the molecule is C=CC(=O)OC(C)(CC)[N+](C)(C)C. The third-order valence-electron chi connectivity index (χ3n) is 2.56. The molecule has 0 fully saturated rings. The maximum Gasteiger partial charge on any atom is 0.334 e. The zero-order valence-electron chi connectivity index (χ0n) is 9.26. The number of ether oxygens (including phenoxy) is 1. The summed E-state index contributed by atoms with van der Waals surface area (Å²) < 4.78 is 5.90. The third kappa shape index (κ3) is 2.84. The normalized spacial score (nSPS) is 16.1. The first-order valence-corrected chi connectivity index (χ1v) is 4.44. The highest BCUT2D eigenvalue weighted by Crippen LogP contribution is 2.23. The molecule has 0 amide bonds. The number of carbonyl (C=O) groups excluding carboxylic acids is 1. The number of carbonyl (C=O) groups is 1. The minimum Gasteiger partial charge on any atom is -0.407 e. The van der Waals surface area contributed by atoms with Gasteiger partial charge >= 0.3 is 5.97 Å². The molecule has 13 heavy (non-hydrogen) atoms. The lowest BCUT2D eigenvalue weighted by molar-refractivity contribution is -0.945. The molecule has 0 bridgehead atoms. The highest BCUT2D eigenvalue weighted by Gasteiger charge is 2.39. The zero-order valence-corrected chi connectivity index (χ0v) is 9.26. The van der Waals surface area contributed by atoms with Crippen LogP contribution in [0.25, 0.3) is 0 Å². The fourth-order valence-electron chi connectivity index (χ4n) is 0.942. The molecule has 0 aromatic rings. The van der Waals surface area contributed by atoms with Crippen molar-refractivity contribution in [3.8, 4) is 0 Å². The average Bonchev–Trinajstić information content (AvgIpc) is 2.02. The molecule has 0 aliphatic rings. The molecule has 3 heteroatoms. The van der Waals surface area contributed by atoms with Crippen LogP contribution in [-0.4, -0.2) is 37.3 Å². The van der Waals surface area contributed by atoms with E-state index >= 15 is 0 Å². The van der Waals surface area contributed by atoms with Crippen molar-refractivity contribution in [2.75, 3.05) is 21.1 Å². The summed E-state index contributed by atoms with van der Waals surface area (Å²) in [5.74, 6) is -0.364. The number of hydrogen-bond acceptors (Lipinski definition) is 2. The molecule has 0 aromatic heterocycles. The molecule has 3 nitrogen and oxygen atoms in total. The van der Waals surface area contributed by atoms with E-state index in [0.29, 0.717) is 4.48 Å². The van der Waals surface area contributed by atoms with Crippen molar-refractivity contribution >= 4 is 5.97 Å². The Labute approximate surface area is 80.6 Å². The lowest BCUT2D eigenvalue weighted by Crippen LogP contribution is -2.57. The average molecular weight is 186 g/mol. The van der Waals surface area contributed by atoms with Crippen LogP contribution in [0, 0.1) is 0 Å². The molecule has 76 valence electrons. The Morgan fingerprint density at radius 3 is 2.23 bits per heavy atom. The molecule has 0 heterocycles. The van der Waals surface area contributed by atoms with Gasteiger partial charge < -0.3 is 4.74 Å². The summed E-state index contributed by atoms with van der Waals surface area (Å²) in [5, 5.41) is 0. The molecular weight excluding hydrogens is 166 g/mol. The molecule has 1 unspecified atom stereocenters. The van der Waals surface area contributed by atoms with E-state index < -0.39 is 5.72 Å². The first-order chi connectivity index (χ1) is 5.77. The van der Waals surface area contributed by atoms with Gasteiger partial charge in [0.05, 0.1) is 21.1 Å². The quantitative estimate of drug-likeness (QED) is 0.288.